The lowest BCUT2D eigenvalue weighted by Gasteiger charge is -2.29. The topological polar surface area (TPSA) is 58.9 Å². The smallest absolute Gasteiger partial charge is 0.136 e. The van der Waals surface area contributed by atoms with E-state index in [0.29, 0.717) is 11.5 Å². The van der Waals surface area contributed by atoms with Crippen LogP contribution in [-0.4, -0.2) is 9.30 Å². The molecule has 1 aromatic heterocycles. The van der Waals surface area contributed by atoms with Gasteiger partial charge in [0.1, 0.15) is 10.8 Å². The zero-order valence-electron chi connectivity index (χ0n) is 11.5. The summed E-state index contributed by atoms with van der Waals surface area (Å²) in [7, 11) is 0. The maximum atomic E-state index is 12.2. The summed E-state index contributed by atoms with van der Waals surface area (Å²) >= 11 is 0.436. The molecule has 2 atom stereocenters. The fourth-order valence-electron chi connectivity index (χ4n) is 1.39. The fourth-order valence-corrected chi connectivity index (χ4v) is 3.50. The van der Waals surface area contributed by atoms with Gasteiger partial charge in [-0.2, -0.15) is 5.26 Å². The molecule has 0 saturated carbocycles. The van der Waals surface area contributed by atoms with Crippen LogP contribution in [0.2, 0.25) is 0 Å². The molecule has 0 spiro atoms. The second-order valence-electron chi connectivity index (χ2n) is 5.57. The van der Waals surface area contributed by atoms with Crippen molar-refractivity contribution in [2.45, 2.75) is 45.4 Å². The van der Waals surface area contributed by atoms with Gasteiger partial charge >= 0.3 is 0 Å². The molecule has 1 heterocycles. The normalized spacial score (nSPS) is 15.4. The standard InChI is InChI=1S/C13H20N2OS2/c1-9(2)12(15-18(16)13(3,4)5)11-6-10(7-14)8-17-11/h6,8-9,12,15H,1-5H3/t12-,18?/m1/s1. The summed E-state index contributed by atoms with van der Waals surface area (Å²) in [5.41, 5.74) is 0.670. The quantitative estimate of drug-likeness (QED) is 0.862. The van der Waals surface area contributed by atoms with Crippen LogP contribution in [0.15, 0.2) is 11.4 Å². The highest BCUT2D eigenvalue weighted by Crippen LogP contribution is 2.30. The summed E-state index contributed by atoms with van der Waals surface area (Å²) in [4.78, 5) is 1.07. The van der Waals surface area contributed by atoms with Crippen LogP contribution in [0.3, 0.4) is 0 Å². The highest BCUT2D eigenvalue weighted by atomic mass is 32.2. The number of rotatable bonds is 4. The predicted molar refractivity (Wildman–Crippen MR) is 77.6 cm³/mol. The number of nitrogens with one attached hydrogen (secondary N) is 1. The summed E-state index contributed by atoms with van der Waals surface area (Å²) in [5.74, 6) is 0.321. The molecule has 18 heavy (non-hydrogen) atoms. The third kappa shape index (κ3) is 3.99. The van der Waals surface area contributed by atoms with Crippen molar-refractivity contribution in [2.24, 2.45) is 5.92 Å². The summed E-state index contributed by atoms with van der Waals surface area (Å²) < 4.78 is 15.1. The Balaban J connectivity index is 2.88. The molecule has 0 saturated heterocycles. The van der Waals surface area contributed by atoms with E-state index in [1.807, 2.05) is 32.2 Å². The average Bonchev–Trinajstić information content (AvgIpc) is 2.71. The second-order valence-corrected chi connectivity index (χ2v) is 8.51. The molecule has 0 bridgehead atoms. The van der Waals surface area contributed by atoms with Gasteiger partial charge in [-0.3, -0.25) is 0 Å². The Morgan fingerprint density at radius 3 is 2.44 bits per heavy atom. The van der Waals surface area contributed by atoms with Crippen molar-refractivity contribution in [2.75, 3.05) is 0 Å². The van der Waals surface area contributed by atoms with Crippen molar-refractivity contribution in [1.82, 2.24) is 4.72 Å². The van der Waals surface area contributed by atoms with Crippen LogP contribution in [0.4, 0.5) is 0 Å². The second kappa shape index (κ2) is 6.07. The minimum Gasteiger partial charge on any atom is -0.598 e. The molecule has 0 fully saturated rings. The van der Waals surface area contributed by atoms with E-state index in [0.717, 1.165) is 4.88 Å². The first-order valence-electron chi connectivity index (χ1n) is 5.92. The SMILES string of the molecule is CC(C)[C@@H](N[S+]([O-])C(C)(C)C)c1cc(C#N)cs1. The Hall–Kier alpha value is -0.540. The van der Waals surface area contributed by atoms with E-state index >= 15 is 0 Å². The highest BCUT2D eigenvalue weighted by molar-refractivity contribution is 7.90. The molecule has 0 aliphatic heterocycles. The monoisotopic (exact) mass is 284 g/mol. The highest BCUT2D eigenvalue weighted by Gasteiger charge is 2.31. The minimum atomic E-state index is -1.11. The van der Waals surface area contributed by atoms with Gasteiger partial charge in [-0.1, -0.05) is 13.8 Å². The summed E-state index contributed by atoms with van der Waals surface area (Å²) in [6.07, 6.45) is 0. The molecule has 0 amide bonds. The molecule has 1 rings (SSSR count). The van der Waals surface area contributed by atoms with E-state index in [4.69, 9.17) is 5.26 Å². The van der Waals surface area contributed by atoms with E-state index < -0.39 is 11.4 Å². The van der Waals surface area contributed by atoms with Crippen molar-refractivity contribution in [3.8, 4) is 6.07 Å². The predicted octanol–water partition coefficient (Wildman–Crippen LogP) is 3.37. The van der Waals surface area contributed by atoms with Gasteiger partial charge in [0.25, 0.3) is 0 Å². The van der Waals surface area contributed by atoms with E-state index in [2.05, 4.69) is 24.6 Å². The molecular formula is C13H20N2OS2. The van der Waals surface area contributed by atoms with Crippen molar-refractivity contribution in [3.05, 3.63) is 21.9 Å². The van der Waals surface area contributed by atoms with Crippen LogP contribution < -0.4 is 4.72 Å². The third-order valence-electron chi connectivity index (χ3n) is 2.51. The number of nitriles is 1. The molecule has 1 unspecified atom stereocenters. The van der Waals surface area contributed by atoms with Gasteiger partial charge in [-0.05, 0) is 32.8 Å². The van der Waals surface area contributed by atoms with Gasteiger partial charge in [-0.15, -0.1) is 16.1 Å². The lowest BCUT2D eigenvalue weighted by molar-refractivity contribution is 0.457. The van der Waals surface area contributed by atoms with Gasteiger partial charge < -0.3 is 4.55 Å². The van der Waals surface area contributed by atoms with Gasteiger partial charge in [0.15, 0.2) is 0 Å². The zero-order valence-corrected chi connectivity index (χ0v) is 13.1. The molecule has 0 aliphatic carbocycles. The third-order valence-corrected chi connectivity index (χ3v) is 5.11. The molecule has 0 aliphatic rings. The van der Waals surface area contributed by atoms with Crippen LogP contribution in [-0.2, 0) is 11.4 Å². The first-order valence-corrected chi connectivity index (χ1v) is 7.95. The number of thiophene rings is 1. The Morgan fingerprint density at radius 2 is 2.06 bits per heavy atom. The van der Waals surface area contributed by atoms with E-state index in [1.54, 1.807) is 11.3 Å². The summed E-state index contributed by atoms with van der Waals surface area (Å²) in [5, 5.41) is 10.7. The Labute approximate surface area is 117 Å². The molecule has 0 aromatic carbocycles. The van der Waals surface area contributed by atoms with Crippen molar-refractivity contribution >= 4 is 22.7 Å². The van der Waals surface area contributed by atoms with Gasteiger partial charge in [-0.25, -0.2) is 0 Å². The minimum absolute atomic E-state index is 0.0251. The first kappa shape index (κ1) is 15.5. The van der Waals surface area contributed by atoms with Crippen LogP contribution in [0, 0.1) is 17.2 Å². The van der Waals surface area contributed by atoms with Crippen LogP contribution in [0.25, 0.3) is 0 Å². The summed E-state index contributed by atoms with van der Waals surface area (Å²) in [6.45, 7) is 10.0. The van der Waals surface area contributed by atoms with Crippen molar-refractivity contribution in [3.63, 3.8) is 0 Å². The molecular weight excluding hydrogens is 264 g/mol. The lowest BCUT2D eigenvalue weighted by Crippen LogP contribution is -2.42. The van der Waals surface area contributed by atoms with Crippen LogP contribution >= 0.6 is 11.3 Å². The molecule has 100 valence electrons. The summed E-state index contributed by atoms with van der Waals surface area (Å²) in [6, 6.07) is 4.03. The Bertz CT molecular complexity index is 429. The number of hydrogen-bond acceptors (Lipinski definition) is 4. The van der Waals surface area contributed by atoms with Gasteiger partial charge in [0, 0.05) is 21.6 Å². The largest absolute Gasteiger partial charge is 0.598 e. The molecule has 5 heteroatoms. The molecule has 0 radical (unpaired) electrons. The van der Waals surface area contributed by atoms with Gasteiger partial charge in [0.2, 0.25) is 0 Å². The maximum absolute atomic E-state index is 12.2. The van der Waals surface area contributed by atoms with Crippen LogP contribution in [0.1, 0.15) is 51.1 Å². The van der Waals surface area contributed by atoms with E-state index in [1.165, 1.54) is 0 Å². The number of hydrogen-bond donors (Lipinski definition) is 1. The Morgan fingerprint density at radius 1 is 1.44 bits per heavy atom. The van der Waals surface area contributed by atoms with E-state index in [-0.39, 0.29) is 10.8 Å². The zero-order chi connectivity index (χ0) is 13.9. The molecule has 3 nitrogen and oxygen atoms in total. The molecule has 1 aromatic rings. The number of nitrogens with zero attached hydrogens (tertiary/aromatic N) is 1. The molecule has 1 N–H and O–H groups in total. The first-order chi connectivity index (χ1) is 8.25. The van der Waals surface area contributed by atoms with Crippen LogP contribution in [0.5, 0.6) is 0 Å². The lowest BCUT2D eigenvalue weighted by atomic mass is 10.0. The van der Waals surface area contributed by atoms with Crippen molar-refractivity contribution < 1.29 is 4.55 Å². The average molecular weight is 284 g/mol. The Kier molecular flexibility index (Phi) is 5.23. The maximum Gasteiger partial charge on any atom is 0.136 e. The fraction of sp³-hybridized carbons (Fsp3) is 0.615. The van der Waals surface area contributed by atoms with Crippen molar-refractivity contribution in [1.29, 1.82) is 5.26 Å². The van der Waals surface area contributed by atoms with E-state index in [9.17, 15) is 4.55 Å². The van der Waals surface area contributed by atoms with Gasteiger partial charge in [0.05, 0.1) is 11.6 Å².